The molecule has 1 amide bonds. The van der Waals surface area contributed by atoms with E-state index in [4.69, 9.17) is 4.42 Å². The molecular formula is C30H33N3O2. The first-order valence-corrected chi connectivity index (χ1v) is 12.1. The first-order chi connectivity index (χ1) is 17.0. The summed E-state index contributed by atoms with van der Waals surface area (Å²) in [4.78, 5) is 19.4. The largest absolute Gasteiger partial charge is 0.447 e. The van der Waals surface area contributed by atoms with Gasteiger partial charge in [-0.05, 0) is 35.1 Å². The lowest BCUT2D eigenvalue weighted by molar-refractivity contribution is 0.0945. The fourth-order valence-electron chi connectivity index (χ4n) is 4.04. The molecule has 0 aliphatic heterocycles. The maximum absolute atomic E-state index is 12.6. The van der Waals surface area contributed by atoms with E-state index >= 15 is 0 Å². The molecule has 1 unspecified atom stereocenters. The second-order valence-electron chi connectivity index (χ2n) is 9.18. The summed E-state index contributed by atoms with van der Waals surface area (Å²) in [6.45, 7) is 8.28. The van der Waals surface area contributed by atoms with Crippen molar-refractivity contribution in [1.29, 1.82) is 0 Å². The summed E-state index contributed by atoms with van der Waals surface area (Å²) in [5, 5.41) is 2.91. The molecule has 0 radical (unpaired) electrons. The third-order valence-electron chi connectivity index (χ3n) is 6.28. The van der Waals surface area contributed by atoms with E-state index in [1.165, 1.54) is 23.0 Å². The van der Waals surface area contributed by atoms with Gasteiger partial charge in [-0.2, -0.15) is 0 Å². The van der Waals surface area contributed by atoms with Gasteiger partial charge in [0, 0.05) is 19.1 Å². The van der Waals surface area contributed by atoms with Gasteiger partial charge >= 0.3 is 0 Å². The Hall–Kier alpha value is -3.70. The molecule has 0 spiro atoms. The molecule has 0 aliphatic rings. The number of aromatic nitrogens is 1. The molecule has 1 N–H and O–H groups in total. The van der Waals surface area contributed by atoms with Crippen molar-refractivity contribution in [2.24, 2.45) is 0 Å². The number of carbonyl (C=O) groups is 1. The van der Waals surface area contributed by atoms with E-state index in [0.29, 0.717) is 30.6 Å². The molecule has 0 aliphatic carbocycles. The van der Waals surface area contributed by atoms with E-state index in [0.717, 1.165) is 12.1 Å². The maximum atomic E-state index is 12.6. The molecule has 1 aromatic heterocycles. The summed E-state index contributed by atoms with van der Waals surface area (Å²) in [5.74, 6) is 0.786. The number of hydrogen-bond donors (Lipinski definition) is 1. The molecule has 35 heavy (non-hydrogen) atoms. The van der Waals surface area contributed by atoms with Crippen LogP contribution in [0.2, 0.25) is 0 Å². The van der Waals surface area contributed by atoms with E-state index in [1.807, 2.05) is 36.4 Å². The number of hydrogen-bond acceptors (Lipinski definition) is 4. The van der Waals surface area contributed by atoms with Crippen molar-refractivity contribution >= 4 is 5.91 Å². The minimum absolute atomic E-state index is 0.142. The van der Waals surface area contributed by atoms with E-state index in [-0.39, 0.29) is 11.9 Å². The third kappa shape index (κ3) is 6.67. The van der Waals surface area contributed by atoms with Crippen molar-refractivity contribution in [3.63, 3.8) is 0 Å². The highest BCUT2D eigenvalue weighted by molar-refractivity contribution is 5.91. The zero-order valence-corrected chi connectivity index (χ0v) is 20.6. The molecule has 1 atom stereocenters. The van der Waals surface area contributed by atoms with Crippen molar-refractivity contribution < 1.29 is 9.21 Å². The van der Waals surface area contributed by atoms with Crippen LogP contribution in [0.5, 0.6) is 0 Å². The van der Waals surface area contributed by atoms with Crippen LogP contribution in [0.25, 0.3) is 0 Å². The van der Waals surface area contributed by atoms with Crippen molar-refractivity contribution in [3.05, 3.63) is 125 Å². The summed E-state index contributed by atoms with van der Waals surface area (Å²) >= 11 is 0. The average molecular weight is 468 g/mol. The first-order valence-electron chi connectivity index (χ1n) is 12.1. The SMILES string of the molecule is CC(C)c1ccc(CN(Cc2nc(C(=O)NCc3ccccc3)co2)C(C)c2ccccc2)cc1. The van der Waals surface area contributed by atoms with Crippen LogP contribution in [-0.2, 0) is 19.6 Å². The summed E-state index contributed by atoms with van der Waals surface area (Å²) in [6.07, 6.45) is 1.44. The van der Waals surface area contributed by atoms with E-state index < -0.39 is 0 Å². The van der Waals surface area contributed by atoms with Crippen LogP contribution in [0.15, 0.2) is 95.6 Å². The van der Waals surface area contributed by atoms with E-state index in [1.54, 1.807) is 0 Å². The number of benzene rings is 3. The number of nitrogens with zero attached hydrogens (tertiary/aromatic N) is 2. The number of amides is 1. The zero-order valence-electron chi connectivity index (χ0n) is 20.6. The summed E-state index contributed by atoms with van der Waals surface area (Å²) in [6, 6.07) is 29.2. The highest BCUT2D eigenvalue weighted by Crippen LogP contribution is 2.25. The van der Waals surface area contributed by atoms with Crippen LogP contribution in [0.3, 0.4) is 0 Å². The van der Waals surface area contributed by atoms with Crippen LogP contribution in [-0.4, -0.2) is 15.8 Å². The van der Waals surface area contributed by atoms with Crippen LogP contribution in [0, 0.1) is 0 Å². The topological polar surface area (TPSA) is 58.4 Å². The second kappa shape index (κ2) is 11.6. The fraction of sp³-hybridized carbons (Fsp3) is 0.267. The van der Waals surface area contributed by atoms with Crippen molar-refractivity contribution in [2.45, 2.75) is 52.4 Å². The minimum atomic E-state index is -0.240. The van der Waals surface area contributed by atoms with Gasteiger partial charge in [-0.3, -0.25) is 9.69 Å². The second-order valence-corrected chi connectivity index (χ2v) is 9.18. The maximum Gasteiger partial charge on any atom is 0.273 e. The Balaban J connectivity index is 1.47. The van der Waals surface area contributed by atoms with E-state index in [2.05, 4.69) is 84.5 Å². The Bertz CT molecular complexity index is 1200. The highest BCUT2D eigenvalue weighted by atomic mass is 16.3. The average Bonchev–Trinajstić information content (AvgIpc) is 3.36. The molecule has 3 aromatic carbocycles. The summed E-state index contributed by atoms with van der Waals surface area (Å²) < 4.78 is 5.73. The standard InChI is InChI=1S/C30H33N3O2/c1-22(2)26-16-14-25(15-17-26)19-33(23(3)27-12-8-5-9-13-27)20-29-32-28(21-35-29)30(34)31-18-24-10-6-4-7-11-24/h4-17,21-23H,18-20H2,1-3H3,(H,31,34). The smallest absolute Gasteiger partial charge is 0.273 e. The number of carbonyl (C=O) groups excluding carboxylic acids is 1. The van der Waals surface area contributed by atoms with Crippen molar-refractivity contribution in [3.8, 4) is 0 Å². The van der Waals surface area contributed by atoms with Gasteiger partial charge in [0.15, 0.2) is 5.69 Å². The molecule has 4 aromatic rings. The number of oxazole rings is 1. The quantitative estimate of drug-likeness (QED) is 0.290. The zero-order chi connectivity index (χ0) is 24.6. The monoisotopic (exact) mass is 467 g/mol. The molecular weight excluding hydrogens is 434 g/mol. The number of rotatable bonds is 10. The minimum Gasteiger partial charge on any atom is -0.447 e. The van der Waals surface area contributed by atoms with Gasteiger partial charge in [0.05, 0.1) is 6.54 Å². The van der Waals surface area contributed by atoms with Crippen LogP contribution >= 0.6 is 0 Å². The first kappa shape index (κ1) is 24.4. The van der Waals surface area contributed by atoms with Gasteiger partial charge < -0.3 is 9.73 Å². The Morgan fingerprint density at radius 3 is 2.14 bits per heavy atom. The van der Waals surface area contributed by atoms with Crippen LogP contribution < -0.4 is 5.32 Å². The Kier molecular flexibility index (Phi) is 8.11. The van der Waals surface area contributed by atoms with Crippen molar-refractivity contribution in [1.82, 2.24) is 15.2 Å². The molecule has 0 fully saturated rings. The molecule has 1 heterocycles. The predicted molar refractivity (Wildman–Crippen MR) is 139 cm³/mol. The van der Waals surface area contributed by atoms with Crippen LogP contribution in [0.4, 0.5) is 0 Å². The number of nitrogens with one attached hydrogen (secondary N) is 1. The van der Waals surface area contributed by atoms with E-state index in [9.17, 15) is 4.79 Å². The Morgan fingerprint density at radius 1 is 0.829 bits per heavy atom. The molecule has 4 rings (SSSR count). The van der Waals surface area contributed by atoms with Gasteiger partial charge in [0.2, 0.25) is 5.89 Å². The third-order valence-corrected chi connectivity index (χ3v) is 6.28. The molecule has 5 heteroatoms. The molecule has 0 saturated heterocycles. The normalized spacial score (nSPS) is 12.1. The van der Waals surface area contributed by atoms with Crippen LogP contribution in [0.1, 0.15) is 71.4 Å². The molecule has 0 bridgehead atoms. The Labute approximate surface area is 207 Å². The summed E-state index contributed by atoms with van der Waals surface area (Å²) in [5.41, 5.74) is 5.11. The summed E-state index contributed by atoms with van der Waals surface area (Å²) in [7, 11) is 0. The lowest BCUT2D eigenvalue weighted by Crippen LogP contribution is -2.27. The van der Waals surface area contributed by atoms with Crippen molar-refractivity contribution in [2.75, 3.05) is 0 Å². The fourth-order valence-corrected chi connectivity index (χ4v) is 4.04. The van der Waals surface area contributed by atoms with Gasteiger partial charge in [0.25, 0.3) is 5.91 Å². The highest BCUT2D eigenvalue weighted by Gasteiger charge is 2.20. The van der Waals surface area contributed by atoms with Gasteiger partial charge in [-0.1, -0.05) is 98.8 Å². The van der Waals surface area contributed by atoms with Gasteiger partial charge in [-0.25, -0.2) is 4.98 Å². The lowest BCUT2D eigenvalue weighted by Gasteiger charge is -2.28. The predicted octanol–water partition coefficient (Wildman–Crippen LogP) is 6.49. The lowest BCUT2D eigenvalue weighted by atomic mass is 10.0. The Morgan fingerprint density at radius 2 is 1.49 bits per heavy atom. The molecule has 0 saturated carbocycles. The molecule has 5 nitrogen and oxygen atoms in total. The van der Waals surface area contributed by atoms with Gasteiger partial charge in [-0.15, -0.1) is 0 Å². The van der Waals surface area contributed by atoms with Gasteiger partial charge in [0.1, 0.15) is 6.26 Å². The molecule has 180 valence electrons.